The van der Waals surface area contributed by atoms with Crippen LogP contribution in [0.2, 0.25) is 5.02 Å². The summed E-state index contributed by atoms with van der Waals surface area (Å²) in [6.45, 7) is 2.97. The van der Waals surface area contributed by atoms with Gasteiger partial charge in [0.25, 0.3) is 0 Å². The number of ether oxygens (including phenoxy) is 2. The minimum absolute atomic E-state index is 0.182. The van der Waals surface area contributed by atoms with E-state index in [4.69, 9.17) is 44.3 Å². The van der Waals surface area contributed by atoms with E-state index in [9.17, 15) is 0 Å². The van der Waals surface area contributed by atoms with Crippen molar-refractivity contribution < 1.29 is 9.47 Å². The fraction of sp³-hybridized carbons (Fsp3) is 0.429. The van der Waals surface area contributed by atoms with Crippen LogP contribution in [0.3, 0.4) is 0 Å². The number of rotatable bonds is 8. The van der Waals surface area contributed by atoms with Crippen molar-refractivity contribution in [3.63, 3.8) is 0 Å². The lowest BCUT2D eigenvalue weighted by Crippen LogP contribution is -2.02. The van der Waals surface area contributed by atoms with Gasteiger partial charge in [0.2, 0.25) is 0 Å². The maximum Gasteiger partial charge on any atom is 0.141 e. The highest BCUT2D eigenvalue weighted by molar-refractivity contribution is 9.09. The number of benzene rings is 1. The molecular formula is C14H16BrCl3O2. The van der Waals surface area contributed by atoms with Gasteiger partial charge in [-0.3, -0.25) is 0 Å². The lowest BCUT2D eigenvalue weighted by atomic mass is 10.1. The Labute approximate surface area is 143 Å². The van der Waals surface area contributed by atoms with Crippen LogP contribution >= 0.6 is 50.7 Å². The minimum Gasteiger partial charge on any atom is -0.492 e. The summed E-state index contributed by atoms with van der Waals surface area (Å²) in [5.41, 5.74) is 1.02. The fourth-order valence-corrected chi connectivity index (χ4v) is 2.20. The topological polar surface area (TPSA) is 18.5 Å². The van der Waals surface area contributed by atoms with Gasteiger partial charge < -0.3 is 9.47 Å². The van der Waals surface area contributed by atoms with Crippen LogP contribution in [-0.2, 0) is 6.42 Å². The van der Waals surface area contributed by atoms with Gasteiger partial charge in [-0.15, -0.1) is 0 Å². The molecule has 0 spiro atoms. The Balaban J connectivity index is 2.81. The summed E-state index contributed by atoms with van der Waals surface area (Å²) >= 11 is 20.7. The molecule has 0 atom stereocenters. The standard InChI is InChI=1S/C14H16BrCl3O2/c1-2-10-8-11(19-7-4-13(17)18)9-12(16)14(10)20-6-3-5-15/h4,8-9H,2-3,5-7H2,1H3. The van der Waals surface area contributed by atoms with E-state index in [0.29, 0.717) is 24.0 Å². The molecular weight excluding hydrogens is 386 g/mol. The zero-order chi connectivity index (χ0) is 15.0. The molecule has 1 aromatic carbocycles. The Hall–Kier alpha value is -0.0900. The highest BCUT2D eigenvalue weighted by atomic mass is 79.9. The van der Waals surface area contributed by atoms with E-state index < -0.39 is 0 Å². The first-order chi connectivity index (χ1) is 9.58. The van der Waals surface area contributed by atoms with E-state index in [0.717, 1.165) is 29.5 Å². The van der Waals surface area contributed by atoms with Crippen LogP contribution < -0.4 is 9.47 Å². The van der Waals surface area contributed by atoms with Crippen LogP contribution in [0, 0.1) is 0 Å². The molecule has 0 aliphatic carbocycles. The first-order valence-corrected chi connectivity index (χ1v) is 8.49. The van der Waals surface area contributed by atoms with Gasteiger partial charge in [-0.1, -0.05) is 57.7 Å². The van der Waals surface area contributed by atoms with Gasteiger partial charge in [-0.2, -0.15) is 0 Å². The lowest BCUT2D eigenvalue weighted by Gasteiger charge is -2.14. The monoisotopic (exact) mass is 400 g/mol. The summed E-state index contributed by atoms with van der Waals surface area (Å²) in [4.78, 5) is 0. The lowest BCUT2D eigenvalue weighted by molar-refractivity contribution is 0.314. The number of hydrogen-bond acceptors (Lipinski definition) is 2. The molecule has 0 aliphatic heterocycles. The molecule has 0 N–H and O–H groups in total. The molecule has 0 unspecified atom stereocenters. The van der Waals surface area contributed by atoms with Crippen molar-refractivity contribution in [1.29, 1.82) is 0 Å². The van der Waals surface area contributed by atoms with Crippen molar-refractivity contribution in [3.05, 3.63) is 33.3 Å². The van der Waals surface area contributed by atoms with Crippen LogP contribution in [0.1, 0.15) is 18.9 Å². The molecule has 2 nitrogen and oxygen atoms in total. The number of alkyl halides is 1. The zero-order valence-corrected chi connectivity index (χ0v) is 14.9. The maximum atomic E-state index is 6.25. The molecule has 6 heteroatoms. The minimum atomic E-state index is 0.182. The predicted octanol–water partition coefficient (Wildman–Crippen LogP) is 5.76. The third-order valence-electron chi connectivity index (χ3n) is 2.49. The predicted molar refractivity (Wildman–Crippen MR) is 90.0 cm³/mol. The first-order valence-electron chi connectivity index (χ1n) is 6.23. The average molecular weight is 403 g/mol. The molecule has 0 radical (unpaired) electrons. The van der Waals surface area contributed by atoms with Gasteiger partial charge in [0.05, 0.1) is 11.6 Å². The summed E-state index contributed by atoms with van der Waals surface area (Å²) < 4.78 is 11.4. The van der Waals surface area contributed by atoms with Gasteiger partial charge in [-0.25, -0.2) is 0 Å². The molecule has 0 amide bonds. The van der Waals surface area contributed by atoms with Crippen molar-refractivity contribution in [3.8, 4) is 11.5 Å². The first kappa shape index (κ1) is 18.0. The molecule has 112 valence electrons. The molecule has 0 heterocycles. The molecule has 0 bridgehead atoms. The van der Waals surface area contributed by atoms with Crippen molar-refractivity contribution in [2.45, 2.75) is 19.8 Å². The average Bonchev–Trinajstić information content (AvgIpc) is 2.40. The van der Waals surface area contributed by atoms with Crippen LogP contribution in [0.15, 0.2) is 22.7 Å². The summed E-state index contributed by atoms with van der Waals surface area (Å²) in [6.07, 6.45) is 3.31. The fourth-order valence-electron chi connectivity index (χ4n) is 1.56. The second-order valence-electron chi connectivity index (χ2n) is 3.94. The Kier molecular flexibility index (Phi) is 8.78. The van der Waals surface area contributed by atoms with Crippen LogP contribution in [0.5, 0.6) is 11.5 Å². The second-order valence-corrected chi connectivity index (χ2v) is 6.15. The molecule has 1 aromatic rings. The van der Waals surface area contributed by atoms with Crippen LogP contribution in [-0.4, -0.2) is 18.5 Å². The molecule has 0 aliphatic rings. The molecule has 0 saturated carbocycles. The molecule has 0 saturated heterocycles. The van der Waals surface area contributed by atoms with Crippen molar-refractivity contribution in [1.82, 2.24) is 0 Å². The number of aryl methyl sites for hydroxylation is 1. The summed E-state index contributed by atoms with van der Waals surface area (Å²) in [6, 6.07) is 3.66. The SMILES string of the molecule is CCc1cc(OCC=C(Cl)Cl)cc(Cl)c1OCCCBr. The van der Waals surface area contributed by atoms with Gasteiger partial charge in [0.15, 0.2) is 0 Å². The Bertz CT molecular complexity index is 460. The molecule has 20 heavy (non-hydrogen) atoms. The van der Waals surface area contributed by atoms with Crippen LogP contribution in [0.4, 0.5) is 0 Å². The van der Waals surface area contributed by atoms with Gasteiger partial charge in [0, 0.05) is 11.4 Å². The van der Waals surface area contributed by atoms with E-state index in [2.05, 4.69) is 15.9 Å². The number of hydrogen-bond donors (Lipinski definition) is 0. The zero-order valence-electron chi connectivity index (χ0n) is 11.1. The summed E-state index contributed by atoms with van der Waals surface area (Å²) in [5.74, 6) is 1.40. The van der Waals surface area contributed by atoms with Crippen molar-refractivity contribution >= 4 is 50.7 Å². The molecule has 1 rings (SSSR count). The van der Waals surface area contributed by atoms with Gasteiger partial charge in [-0.05, 0) is 30.5 Å². The van der Waals surface area contributed by atoms with E-state index in [-0.39, 0.29) is 4.49 Å². The highest BCUT2D eigenvalue weighted by Gasteiger charge is 2.10. The highest BCUT2D eigenvalue weighted by Crippen LogP contribution is 2.34. The van der Waals surface area contributed by atoms with E-state index in [1.54, 1.807) is 12.1 Å². The Morgan fingerprint density at radius 1 is 1.30 bits per heavy atom. The second kappa shape index (κ2) is 9.78. The third-order valence-corrected chi connectivity index (χ3v) is 3.64. The van der Waals surface area contributed by atoms with Gasteiger partial charge in [0.1, 0.15) is 22.6 Å². The maximum absolute atomic E-state index is 6.25. The third kappa shape index (κ3) is 6.13. The molecule has 0 fully saturated rings. The van der Waals surface area contributed by atoms with Crippen molar-refractivity contribution in [2.24, 2.45) is 0 Å². The largest absolute Gasteiger partial charge is 0.492 e. The Morgan fingerprint density at radius 2 is 2.05 bits per heavy atom. The quantitative estimate of drug-likeness (QED) is 0.406. The smallest absolute Gasteiger partial charge is 0.141 e. The normalized spacial score (nSPS) is 10.2. The molecule has 0 aromatic heterocycles. The number of halogens is 4. The van der Waals surface area contributed by atoms with Crippen molar-refractivity contribution in [2.75, 3.05) is 18.5 Å². The van der Waals surface area contributed by atoms with E-state index in [1.807, 2.05) is 13.0 Å². The Morgan fingerprint density at radius 3 is 2.65 bits per heavy atom. The summed E-state index contributed by atoms with van der Waals surface area (Å²) in [5, 5.41) is 1.45. The summed E-state index contributed by atoms with van der Waals surface area (Å²) in [7, 11) is 0. The van der Waals surface area contributed by atoms with E-state index in [1.165, 1.54) is 0 Å². The van der Waals surface area contributed by atoms with Crippen LogP contribution in [0.25, 0.3) is 0 Å². The van der Waals surface area contributed by atoms with E-state index >= 15 is 0 Å². The van der Waals surface area contributed by atoms with Gasteiger partial charge >= 0.3 is 0 Å².